The Bertz CT molecular complexity index is 1610. The van der Waals surface area contributed by atoms with Gasteiger partial charge in [-0.25, -0.2) is 9.59 Å². The molecule has 0 radical (unpaired) electrons. The number of hydrogen-bond donors (Lipinski definition) is 3. The molecule has 336 valence electrons. The first kappa shape index (κ1) is 51.3. The normalized spacial score (nSPS) is 17.8. The van der Waals surface area contributed by atoms with E-state index >= 15 is 0 Å². The lowest BCUT2D eigenvalue weighted by atomic mass is 9.82. The van der Waals surface area contributed by atoms with Crippen molar-refractivity contribution in [3.63, 3.8) is 0 Å². The summed E-state index contributed by atoms with van der Waals surface area (Å²) >= 11 is 0. The summed E-state index contributed by atoms with van der Waals surface area (Å²) in [6.45, 7) is 9.20. The molecule has 0 atom stereocenters. The van der Waals surface area contributed by atoms with Crippen molar-refractivity contribution in [3.8, 4) is 23.0 Å². The van der Waals surface area contributed by atoms with Gasteiger partial charge in [-0.05, 0) is 151 Å². The van der Waals surface area contributed by atoms with Gasteiger partial charge in [0, 0.05) is 12.2 Å². The average molecular weight is 855 g/mol. The SMILES string of the molecule is C=CC(=O)OCCCCCCOc1ccc(O)cc1.C=CC(=O)OCCCCCCOc1ccc(OC(=O)C2CCC(C(=O)O)CC2)cc1.O=COC1CCC(C(=O)O)CC1. The number of phenols is 1. The minimum Gasteiger partial charge on any atom is -0.508 e. The molecule has 2 aromatic carbocycles. The Kier molecular flexibility index (Phi) is 26.1. The van der Waals surface area contributed by atoms with Crippen molar-refractivity contribution < 1.29 is 72.5 Å². The van der Waals surface area contributed by atoms with Crippen LogP contribution in [0.25, 0.3) is 0 Å². The van der Waals surface area contributed by atoms with Crippen LogP contribution in [-0.2, 0) is 43.0 Å². The standard InChI is InChI=1S/C23H30O7.C15H20O4.C8H12O4/c1-2-21(24)29-16-6-4-3-5-15-28-19-11-13-20(14-12-19)30-23(27)18-9-7-17(8-10-18)22(25)26;1-2-15(17)19-12-6-4-3-5-11-18-14-9-7-13(16)8-10-14;9-5-12-7-3-1-6(2-4-7)8(10)11/h2,11-14,17-18H,1,3-10,15-16H2,(H,25,26);2,7-10,16H,1,3-6,11-12H2;5-7H,1-4H2,(H,10,11). The maximum absolute atomic E-state index is 12.3. The predicted molar refractivity (Wildman–Crippen MR) is 224 cm³/mol. The zero-order chi connectivity index (χ0) is 44.7. The third kappa shape index (κ3) is 23.5. The van der Waals surface area contributed by atoms with E-state index in [-0.39, 0.29) is 41.5 Å². The molecule has 0 aliphatic heterocycles. The van der Waals surface area contributed by atoms with Gasteiger partial charge in [-0.15, -0.1) is 0 Å². The van der Waals surface area contributed by atoms with E-state index in [0.29, 0.717) is 95.8 Å². The molecule has 0 amide bonds. The smallest absolute Gasteiger partial charge is 0.330 e. The van der Waals surface area contributed by atoms with Gasteiger partial charge in [-0.2, -0.15) is 0 Å². The number of esters is 3. The summed E-state index contributed by atoms with van der Waals surface area (Å²) in [6.07, 6.45) is 14.5. The third-order valence-corrected chi connectivity index (χ3v) is 10.00. The van der Waals surface area contributed by atoms with Gasteiger partial charge in [0.2, 0.25) is 0 Å². The highest BCUT2D eigenvalue weighted by atomic mass is 16.5. The Hall–Kier alpha value is -5.86. The molecule has 0 aromatic heterocycles. The van der Waals surface area contributed by atoms with Crippen LogP contribution in [0.5, 0.6) is 23.0 Å². The number of hydrogen-bond acceptors (Lipinski definition) is 13. The fourth-order valence-electron chi connectivity index (χ4n) is 6.41. The molecule has 2 aromatic rings. The number of carboxylic acid groups (broad SMARTS) is 2. The van der Waals surface area contributed by atoms with Crippen molar-refractivity contribution >= 4 is 36.3 Å². The van der Waals surface area contributed by atoms with Crippen LogP contribution in [0.2, 0.25) is 0 Å². The molecule has 0 heterocycles. The number of unbranched alkanes of at least 4 members (excludes halogenated alkanes) is 6. The Morgan fingerprint density at radius 2 is 0.918 bits per heavy atom. The highest BCUT2D eigenvalue weighted by Crippen LogP contribution is 2.31. The lowest BCUT2D eigenvalue weighted by Crippen LogP contribution is -2.28. The van der Waals surface area contributed by atoms with Crippen molar-refractivity contribution in [2.45, 2.75) is 109 Å². The Labute approximate surface area is 358 Å². The summed E-state index contributed by atoms with van der Waals surface area (Å²) in [6, 6.07) is 13.6. The summed E-state index contributed by atoms with van der Waals surface area (Å²) in [5.41, 5.74) is 0. The molecular formula is C46H62O15. The van der Waals surface area contributed by atoms with Crippen molar-refractivity contribution in [1.29, 1.82) is 0 Å². The number of benzene rings is 2. The number of carbonyl (C=O) groups is 6. The molecule has 4 rings (SSSR count). The van der Waals surface area contributed by atoms with E-state index in [4.69, 9.17) is 43.7 Å². The first-order valence-corrected chi connectivity index (χ1v) is 20.9. The molecule has 0 saturated heterocycles. The minimum absolute atomic E-state index is 0.0573. The summed E-state index contributed by atoms with van der Waals surface area (Å²) in [4.78, 5) is 65.4. The van der Waals surface area contributed by atoms with Gasteiger partial charge in [0.1, 0.15) is 29.1 Å². The average Bonchev–Trinajstić information content (AvgIpc) is 3.27. The number of phenolic OH excluding ortho intramolecular Hbond substituents is 1. The summed E-state index contributed by atoms with van der Waals surface area (Å²) in [5, 5.41) is 26.8. The van der Waals surface area contributed by atoms with E-state index in [9.17, 15) is 28.8 Å². The lowest BCUT2D eigenvalue weighted by Gasteiger charge is -2.24. The molecule has 2 aliphatic rings. The second-order valence-electron chi connectivity index (χ2n) is 14.6. The molecule has 3 N–H and O–H groups in total. The zero-order valence-corrected chi connectivity index (χ0v) is 35.0. The van der Waals surface area contributed by atoms with E-state index in [2.05, 4.69) is 13.2 Å². The molecule has 2 fully saturated rings. The van der Waals surface area contributed by atoms with Gasteiger partial charge < -0.3 is 43.7 Å². The predicted octanol–water partition coefficient (Wildman–Crippen LogP) is 8.01. The van der Waals surface area contributed by atoms with E-state index in [1.807, 2.05) is 0 Å². The van der Waals surface area contributed by atoms with Crippen LogP contribution in [0.1, 0.15) is 103 Å². The second kappa shape index (κ2) is 31.1. The van der Waals surface area contributed by atoms with Crippen LogP contribution in [-0.4, -0.2) is 84.2 Å². The molecule has 0 bridgehead atoms. The first-order chi connectivity index (χ1) is 29.4. The molecule has 2 saturated carbocycles. The number of carbonyl (C=O) groups excluding carboxylic acids is 4. The molecule has 0 spiro atoms. The fourth-order valence-corrected chi connectivity index (χ4v) is 6.41. The van der Waals surface area contributed by atoms with Crippen molar-refractivity contribution in [3.05, 3.63) is 73.8 Å². The third-order valence-electron chi connectivity index (χ3n) is 10.00. The van der Waals surface area contributed by atoms with Crippen LogP contribution in [0.4, 0.5) is 0 Å². The molecular weight excluding hydrogens is 792 g/mol. The Morgan fingerprint density at radius 1 is 0.541 bits per heavy atom. The maximum Gasteiger partial charge on any atom is 0.330 e. The summed E-state index contributed by atoms with van der Waals surface area (Å²) < 4.78 is 31.1. The van der Waals surface area contributed by atoms with Gasteiger partial charge in [-0.3, -0.25) is 19.2 Å². The zero-order valence-electron chi connectivity index (χ0n) is 35.0. The van der Waals surface area contributed by atoms with Crippen LogP contribution in [0.3, 0.4) is 0 Å². The summed E-state index contributed by atoms with van der Waals surface area (Å²) in [5.74, 6) is -1.24. The van der Waals surface area contributed by atoms with E-state index in [0.717, 1.165) is 63.2 Å². The maximum atomic E-state index is 12.3. The number of aliphatic carboxylic acids is 2. The fraction of sp³-hybridized carbons (Fsp3) is 0.522. The van der Waals surface area contributed by atoms with E-state index < -0.39 is 17.9 Å². The van der Waals surface area contributed by atoms with Gasteiger partial charge >= 0.3 is 29.8 Å². The topological polar surface area (TPSA) is 218 Å². The van der Waals surface area contributed by atoms with Crippen LogP contribution >= 0.6 is 0 Å². The largest absolute Gasteiger partial charge is 0.508 e. The van der Waals surface area contributed by atoms with Gasteiger partial charge in [0.15, 0.2) is 0 Å². The number of carboxylic acids is 2. The van der Waals surface area contributed by atoms with E-state index in [1.54, 1.807) is 48.5 Å². The van der Waals surface area contributed by atoms with Crippen molar-refractivity contribution in [2.75, 3.05) is 26.4 Å². The Morgan fingerprint density at radius 3 is 1.33 bits per heavy atom. The highest BCUT2D eigenvalue weighted by Gasteiger charge is 2.31. The molecule has 2 aliphatic carbocycles. The lowest BCUT2D eigenvalue weighted by molar-refractivity contribution is -0.146. The quantitative estimate of drug-likeness (QED) is 0.0227. The minimum atomic E-state index is -0.786. The van der Waals surface area contributed by atoms with Gasteiger partial charge in [0.25, 0.3) is 6.47 Å². The second-order valence-corrected chi connectivity index (χ2v) is 14.6. The number of ether oxygens (including phenoxy) is 6. The van der Waals surface area contributed by atoms with Crippen molar-refractivity contribution in [1.82, 2.24) is 0 Å². The van der Waals surface area contributed by atoms with Gasteiger partial charge in [-0.1, -0.05) is 13.2 Å². The molecule has 15 heteroatoms. The Balaban J connectivity index is 0.000000351. The molecule has 0 unspecified atom stereocenters. The van der Waals surface area contributed by atoms with Gasteiger partial charge in [0.05, 0.1) is 44.2 Å². The molecule has 15 nitrogen and oxygen atoms in total. The number of rotatable bonds is 24. The molecule has 61 heavy (non-hydrogen) atoms. The van der Waals surface area contributed by atoms with Crippen LogP contribution in [0.15, 0.2) is 73.8 Å². The van der Waals surface area contributed by atoms with Crippen LogP contribution < -0.4 is 14.2 Å². The number of aromatic hydroxyl groups is 1. The van der Waals surface area contributed by atoms with E-state index in [1.165, 1.54) is 6.08 Å². The summed E-state index contributed by atoms with van der Waals surface area (Å²) in [7, 11) is 0. The highest BCUT2D eigenvalue weighted by molar-refractivity contribution is 5.81. The monoisotopic (exact) mass is 854 g/mol. The van der Waals surface area contributed by atoms with Crippen molar-refractivity contribution in [2.24, 2.45) is 17.8 Å². The van der Waals surface area contributed by atoms with Crippen LogP contribution in [0, 0.1) is 17.8 Å². The first-order valence-electron chi connectivity index (χ1n) is 20.9.